The van der Waals surface area contributed by atoms with E-state index in [-0.39, 0.29) is 10.8 Å². The molecule has 0 amide bonds. The molecule has 2 aliphatic rings. The normalized spacial score (nSPS) is 14.4. The molecule has 2 aromatic rings. The van der Waals surface area contributed by atoms with Gasteiger partial charge in [-0.25, -0.2) is 0 Å². The van der Waals surface area contributed by atoms with Gasteiger partial charge in [-0.3, -0.25) is 0 Å². The monoisotopic (exact) mass is 501 g/mol. The van der Waals surface area contributed by atoms with E-state index < -0.39 is 0 Å². The number of fused-ring (bicyclic) bond motifs is 3. The first-order valence-corrected chi connectivity index (χ1v) is 13.2. The second kappa shape index (κ2) is 9.50. The van der Waals surface area contributed by atoms with Crippen molar-refractivity contribution in [2.24, 2.45) is 0 Å². The second-order valence-electron chi connectivity index (χ2n) is 11.4. The van der Waals surface area contributed by atoms with E-state index in [0.717, 1.165) is 19.3 Å². The van der Waals surface area contributed by atoms with Crippen molar-refractivity contribution in [2.45, 2.75) is 92.4 Å². The molecule has 0 atom stereocenters. The van der Waals surface area contributed by atoms with Gasteiger partial charge in [0.15, 0.2) is 0 Å². The molecule has 2 aromatic carbocycles. The molecule has 32 heavy (non-hydrogen) atoms. The predicted octanol–water partition coefficient (Wildman–Crippen LogP) is 8.30. The van der Waals surface area contributed by atoms with Crippen LogP contribution in [-0.2, 0) is 47.9 Å². The average molecular weight is 503 g/mol. The van der Waals surface area contributed by atoms with Crippen LogP contribution >= 0.6 is 0 Å². The van der Waals surface area contributed by atoms with Crippen molar-refractivity contribution in [2.75, 3.05) is 0 Å². The third kappa shape index (κ3) is 5.25. The summed E-state index contributed by atoms with van der Waals surface area (Å²) in [5.41, 5.74) is 13.3. The van der Waals surface area contributed by atoms with Crippen molar-refractivity contribution in [3.63, 3.8) is 0 Å². The maximum absolute atomic E-state index is 3.92. The van der Waals surface area contributed by atoms with Gasteiger partial charge in [-0.15, -0.1) is 27.8 Å². The van der Waals surface area contributed by atoms with E-state index in [2.05, 4.69) is 105 Å². The van der Waals surface area contributed by atoms with Crippen LogP contribution in [0.1, 0.15) is 102 Å². The SMILES string of the molecule is CCc1c(C2=CC=CC2)c(C(C)(C)C)[c-]c2c1-c1ccc(C(C)(C)C)cc1C2.C[C](C)=[Zr]. The van der Waals surface area contributed by atoms with Crippen LogP contribution < -0.4 is 0 Å². The summed E-state index contributed by atoms with van der Waals surface area (Å²) in [6.07, 6.45) is 9.91. The summed E-state index contributed by atoms with van der Waals surface area (Å²) in [6, 6.07) is 11.1. The molecule has 0 N–H and O–H groups in total. The molecule has 168 valence electrons. The fourth-order valence-corrected chi connectivity index (χ4v) is 4.74. The Morgan fingerprint density at radius 1 is 1.00 bits per heavy atom. The molecule has 2 aliphatic carbocycles. The zero-order valence-corrected chi connectivity index (χ0v) is 24.0. The van der Waals surface area contributed by atoms with Crippen LogP contribution in [0.2, 0.25) is 0 Å². The van der Waals surface area contributed by atoms with E-state index in [4.69, 9.17) is 0 Å². The van der Waals surface area contributed by atoms with Gasteiger partial charge >= 0.3 is 41.3 Å². The van der Waals surface area contributed by atoms with Crippen molar-refractivity contribution >= 4 is 8.78 Å². The van der Waals surface area contributed by atoms with Crippen molar-refractivity contribution in [1.29, 1.82) is 0 Å². The van der Waals surface area contributed by atoms with Gasteiger partial charge in [0.1, 0.15) is 0 Å². The quantitative estimate of drug-likeness (QED) is 0.309. The molecule has 0 heterocycles. The van der Waals surface area contributed by atoms with Crippen LogP contribution in [0, 0.1) is 6.07 Å². The minimum absolute atomic E-state index is 0.0864. The van der Waals surface area contributed by atoms with Gasteiger partial charge in [0, 0.05) is 0 Å². The molecule has 0 radical (unpaired) electrons. The van der Waals surface area contributed by atoms with Crippen LogP contribution in [0.4, 0.5) is 0 Å². The first kappa shape index (κ1) is 25.3. The Morgan fingerprint density at radius 3 is 2.16 bits per heavy atom. The van der Waals surface area contributed by atoms with Crippen molar-refractivity contribution in [1.82, 2.24) is 0 Å². The molecular formula is C31H39Zr-. The molecule has 4 rings (SSSR count). The van der Waals surface area contributed by atoms with Crippen molar-refractivity contribution in [3.05, 3.63) is 75.9 Å². The molecule has 0 aromatic heterocycles. The topological polar surface area (TPSA) is 0 Å². The average Bonchev–Trinajstić information content (AvgIpc) is 3.31. The van der Waals surface area contributed by atoms with Gasteiger partial charge in [-0.1, -0.05) is 102 Å². The Hall–Kier alpha value is -1.33. The van der Waals surface area contributed by atoms with Gasteiger partial charge < -0.3 is 0 Å². The predicted molar refractivity (Wildman–Crippen MR) is 138 cm³/mol. The van der Waals surface area contributed by atoms with Crippen LogP contribution in [0.3, 0.4) is 0 Å². The molecule has 0 spiro atoms. The maximum atomic E-state index is 3.92. The molecule has 0 unspecified atom stereocenters. The van der Waals surface area contributed by atoms with E-state index in [0.29, 0.717) is 0 Å². The van der Waals surface area contributed by atoms with Crippen LogP contribution in [0.5, 0.6) is 0 Å². The van der Waals surface area contributed by atoms with Crippen molar-refractivity contribution < 1.29 is 24.2 Å². The number of benzene rings is 2. The fraction of sp³-hybridized carbons (Fsp3) is 0.452. The van der Waals surface area contributed by atoms with Gasteiger partial charge in [0.2, 0.25) is 0 Å². The molecule has 0 bridgehead atoms. The molecule has 1 heteroatoms. The summed E-state index contributed by atoms with van der Waals surface area (Å²) in [5.74, 6) is 0. The third-order valence-corrected chi connectivity index (χ3v) is 6.23. The minimum atomic E-state index is 0.0864. The molecule has 0 saturated carbocycles. The van der Waals surface area contributed by atoms with E-state index >= 15 is 0 Å². The summed E-state index contributed by atoms with van der Waals surface area (Å²) in [7, 11) is 0. The fourth-order valence-electron chi connectivity index (χ4n) is 4.74. The molecule has 0 aliphatic heterocycles. The molecule has 0 saturated heterocycles. The van der Waals surface area contributed by atoms with Crippen LogP contribution in [0.15, 0.2) is 36.4 Å². The number of rotatable bonds is 2. The van der Waals surface area contributed by atoms with Gasteiger partial charge in [-0.2, -0.15) is 6.07 Å². The second-order valence-corrected chi connectivity index (χ2v) is 13.9. The summed E-state index contributed by atoms with van der Waals surface area (Å²) in [5, 5.41) is 0. The summed E-state index contributed by atoms with van der Waals surface area (Å²) >= 11 is 1.55. The van der Waals surface area contributed by atoms with E-state index in [1.165, 1.54) is 53.3 Å². The molecular weight excluding hydrogens is 464 g/mol. The van der Waals surface area contributed by atoms with E-state index in [9.17, 15) is 0 Å². The van der Waals surface area contributed by atoms with Crippen molar-refractivity contribution in [3.8, 4) is 11.1 Å². The van der Waals surface area contributed by atoms with Gasteiger partial charge in [-0.05, 0) is 34.8 Å². The van der Waals surface area contributed by atoms with E-state index in [1.54, 1.807) is 24.2 Å². The van der Waals surface area contributed by atoms with Crippen LogP contribution in [-0.4, -0.2) is 3.21 Å². The third-order valence-electron chi connectivity index (χ3n) is 6.23. The molecule has 0 nitrogen and oxygen atoms in total. The van der Waals surface area contributed by atoms with Crippen LogP contribution in [0.25, 0.3) is 16.7 Å². The Labute approximate surface area is 211 Å². The summed E-state index contributed by atoms with van der Waals surface area (Å²) in [6.45, 7) is 20.5. The Balaban J connectivity index is 0.000000668. The Morgan fingerprint density at radius 2 is 1.66 bits per heavy atom. The zero-order chi connectivity index (χ0) is 23.8. The Kier molecular flexibility index (Phi) is 7.51. The summed E-state index contributed by atoms with van der Waals surface area (Å²) < 4.78 is 1.51. The Bertz CT molecular complexity index is 1090. The number of hydrogen-bond acceptors (Lipinski definition) is 0. The van der Waals surface area contributed by atoms with Gasteiger partial charge in [0.05, 0.1) is 0 Å². The van der Waals surface area contributed by atoms with E-state index in [1.807, 2.05) is 0 Å². The zero-order valence-electron chi connectivity index (χ0n) is 21.6. The number of allylic oxidation sites excluding steroid dienone is 4. The summed E-state index contributed by atoms with van der Waals surface area (Å²) in [4.78, 5) is 0. The number of hydrogen-bond donors (Lipinski definition) is 0. The standard InChI is InChI=1S/C28H33.C3H6.Zr/c1-8-22-25-20(15-19-16-21(27(2,3)4)13-14-23(19)25)17-24(28(5,6)7)26(22)18-11-9-10-12-18;1-3-2;/h9-11,13-14,16H,8,12,15H2,1-7H3;1-2H3;/q-1;;. The van der Waals surface area contributed by atoms with Gasteiger partial charge in [0.25, 0.3) is 0 Å². The first-order valence-electron chi connectivity index (χ1n) is 12.0. The first-order chi connectivity index (χ1) is 14.8. The molecule has 0 fully saturated rings.